The molecule has 0 spiro atoms. The highest BCUT2D eigenvalue weighted by Gasteiger charge is 2.38. The normalized spacial score (nSPS) is 15.1. The molecule has 3 aromatic rings. The number of rotatable bonds is 6. The zero-order valence-electron chi connectivity index (χ0n) is 15.4. The summed E-state index contributed by atoms with van der Waals surface area (Å²) >= 11 is 0. The zero-order chi connectivity index (χ0) is 18.1. The highest BCUT2D eigenvalue weighted by molar-refractivity contribution is 5.85. The topological polar surface area (TPSA) is 100 Å². The second-order valence-electron chi connectivity index (χ2n) is 6.93. The molecule has 2 aromatic heterocycles. The first-order valence-electron chi connectivity index (χ1n) is 8.79. The van der Waals surface area contributed by atoms with Crippen LogP contribution in [0.3, 0.4) is 0 Å². The van der Waals surface area contributed by atoms with E-state index in [0.717, 1.165) is 47.6 Å². The molecule has 0 bridgehead atoms. The predicted octanol–water partition coefficient (Wildman–Crippen LogP) is 3.60. The van der Waals surface area contributed by atoms with Crippen LogP contribution in [0.2, 0.25) is 0 Å². The van der Waals surface area contributed by atoms with Crippen LogP contribution in [-0.4, -0.2) is 15.3 Å². The van der Waals surface area contributed by atoms with Crippen molar-refractivity contribution in [2.75, 3.05) is 0 Å². The van der Waals surface area contributed by atoms with Crippen molar-refractivity contribution in [3.63, 3.8) is 0 Å². The molecule has 27 heavy (non-hydrogen) atoms. The molecule has 1 aliphatic rings. The summed E-state index contributed by atoms with van der Waals surface area (Å²) in [7, 11) is 0. The van der Waals surface area contributed by atoms with Crippen molar-refractivity contribution in [2.45, 2.75) is 51.7 Å². The Kier molecular flexibility index (Phi) is 5.53. The van der Waals surface area contributed by atoms with E-state index in [1.165, 1.54) is 0 Å². The third-order valence-electron chi connectivity index (χ3n) is 5.00. The van der Waals surface area contributed by atoms with Gasteiger partial charge < -0.3 is 19.5 Å². The molecule has 1 aromatic carbocycles. The molecule has 1 aliphatic carbocycles. The fourth-order valence-corrected chi connectivity index (χ4v) is 3.05. The Morgan fingerprint density at radius 1 is 1.11 bits per heavy atom. The van der Waals surface area contributed by atoms with Gasteiger partial charge in [0.2, 0.25) is 5.89 Å². The van der Waals surface area contributed by atoms with Gasteiger partial charge in [0.05, 0.1) is 23.2 Å². The molecule has 0 atom stereocenters. The van der Waals surface area contributed by atoms with Gasteiger partial charge in [-0.2, -0.15) is 4.98 Å². The van der Waals surface area contributed by atoms with E-state index in [4.69, 9.17) is 19.5 Å². The highest BCUT2D eigenvalue weighted by atomic mass is 35.5. The molecule has 1 fully saturated rings. The van der Waals surface area contributed by atoms with E-state index in [1.807, 2.05) is 38.1 Å². The average molecular weight is 391 g/mol. The van der Waals surface area contributed by atoms with Crippen molar-refractivity contribution in [3.8, 4) is 5.75 Å². The van der Waals surface area contributed by atoms with E-state index >= 15 is 0 Å². The van der Waals surface area contributed by atoms with Crippen molar-refractivity contribution in [2.24, 2.45) is 5.73 Å². The van der Waals surface area contributed by atoms with E-state index in [-0.39, 0.29) is 12.4 Å². The first kappa shape index (κ1) is 19.4. The van der Waals surface area contributed by atoms with Crippen LogP contribution in [0.25, 0.3) is 0 Å². The molecule has 0 saturated heterocycles. The van der Waals surface area contributed by atoms with Crippen LogP contribution in [0, 0.1) is 13.8 Å². The Balaban J connectivity index is 0.00000210. The number of hydrogen-bond acceptors (Lipinski definition) is 7. The molecule has 1 saturated carbocycles. The Bertz CT molecular complexity index is 881. The second kappa shape index (κ2) is 7.70. The molecule has 4 rings (SSSR count). The van der Waals surface area contributed by atoms with Crippen LogP contribution in [0.15, 0.2) is 33.3 Å². The lowest BCUT2D eigenvalue weighted by Gasteiger charge is -2.34. The van der Waals surface area contributed by atoms with Crippen LogP contribution in [0.1, 0.15) is 53.6 Å². The monoisotopic (exact) mass is 390 g/mol. The van der Waals surface area contributed by atoms with Crippen molar-refractivity contribution in [1.29, 1.82) is 0 Å². The molecule has 0 aliphatic heterocycles. The Morgan fingerprint density at radius 2 is 1.85 bits per heavy atom. The SMILES string of the molecule is Cc1noc(C)c1COc1ccc(Cc2nc(C3(N)CCC3)no2)cc1.Cl. The Morgan fingerprint density at radius 3 is 2.44 bits per heavy atom. The van der Waals surface area contributed by atoms with Gasteiger partial charge in [-0.25, -0.2) is 0 Å². The van der Waals surface area contributed by atoms with Crippen LogP contribution < -0.4 is 10.5 Å². The van der Waals surface area contributed by atoms with E-state index in [2.05, 4.69) is 15.3 Å². The van der Waals surface area contributed by atoms with Gasteiger partial charge in [0.15, 0.2) is 5.82 Å². The number of aromatic nitrogens is 3. The van der Waals surface area contributed by atoms with Gasteiger partial charge >= 0.3 is 0 Å². The average Bonchev–Trinajstić information content (AvgIpc) is 3.20. The van der Waals surface area contributed by atoms with E-state index in [0.29, 0.717) is 24.7 Å². The summed E-state index contributed by atoms with van der Waals surface area (Å²) in [6.07, 6.45) is 3.54. The first-order valence-corrected chi connectivity index (χ1v) is 8.79. The lowest BCUT2D eigenvalue weighted by atomic mass is 9.77. The lowest BCUT2D eigenvalue weighted by Crippen LogP contribution is -2.44. The third kappa shape index (κ3) is 3.99. The maximum atomic E-state index is 6.23. The van der Waals surface area contributed by atoms with E-state index < -0.39 is 5.54 Å². The van der Waals surface area contributed by atoms with Gasteiger partial charge in [0.1, 0.15) is 18.1 Å². The largest absolute Gasteiger partial charge is 0.489 e. The van der Waals surface area contributed by atoms with Gasteiger partial charge in [-0.05, 0) is 50.8 Å². The predicted molar refractivity (Wildman–Crippen MR) is 101 cm³/mol. The van der Waals surface area contributed by atoms with Gasteiger partial charge in [0, 0.05) is 0 Å². The van der Waals surface area contributed by atoms with Crippen molar-refractivity contribution >= 4 is 12.4 Å². The Labute approximate surface area is 163 Å². The number of hydrogen-bond donors (Lipinski definition) is 1. The fourth-order valence-electron chi connectivity index (χ4n) is 3.05. The Hall–Kier alpha value is -2.38. The fraction of sp³-hybridized carbons (Fsp3) is 0.421. The van der Waals surface area contributed by atoms with Gasteiger partial charge in [0.25, 0.3) is 0 Å². The summed E-state index contributed by atoms with van der Waals surface area (Å²) < 4.78 is 16.3. The molecular formula is C19H23ClN4O3. The smallest absolute Gasteiger partial charge is 0.231 e. The van der Waals surface area contributed by atoms with Crippen LogP contribution in [0.4, 0.5) is 0 Å². The standard InChI is InChI=1S/C19H22N4O3.ClH/c1-12-16(13(2)25-22-12)11-24-15-6-4-14(5-7-15)10-17-21-18(23-26-17)19(20)8-3-9-19;/h4-7H,3,8-11,20H2,1-2H3;1H. The summed E-state index contributed by atoms with van der Waals surface area (Å²) in [5.74, 6) is 2.78. The molecule has 7 nitrogen and oxygen atoms in total. The van der Waals surface area contributed by atoms with E-state index in [1.54, 1.807) is 0 Å². The molecule has 0 radical (unpaired) electrons. The number of aryl methyl sites for hydroxylation is 2. The molecule has 8 heteroatoms. The lowest BCUT2D eigenvalue weighted by molar-refractivity contribution is 0.229. The van der Waals surface area contributed by atoms with Crippen molar-refractivity contribution < 1.29 is 13.8 Å². The molecule has 2 N–H and O–H groups in total. The summed E-state index contributed by atoms with van der Waals surface area (Å²) in [6.45, 7) is 4.23. The molecular weight excluding hydrogens is 368 g/mol. The number of ether oxygens (including phenoxy) is 1. The molecule has 144 valence electrons. The minimum atomic E-state index is -0.391. The molecule has 0 unspecified atom stereocenters. The third-order valence-corrected chi connectivity index (χ3v) is 5.00. The minimum Gasteiger partial charge on any atom is -0.489 e. The summed E-state index contributed by atoms with van der Waals surface area (Å²) in [6, 6.07) is 7.85. The van der Waals surface area contributed by atoms with Crippen molar-refractivity contribution in [3.05, 3.63) is 58.6 Å². The zero-order valence-corrected chi connectivity index (χ0v) is 16.2. The quantitative estimate of drug-likeness (QED) is 0.686. The second-order valence-corrected chi connectivity index (χ2v) is 6.93. The minimum absolute atomic E-state index is 0. The summed E-state index contributed by atoms with van der Waals surface area (Å²) in [4.78, 5) is 4.46. The van der Waals surface area contributed by atoms with Gasteiger partial charge in [-0.15, -0.1) is 12.4 Å². The number of halogens is 1. The summed E-state index contributed by atoms with van der Waals surface area (Å²) in [5, 5.41) is 7.98. The number of nitrogens with two attached hydrogens (primary N) is 1. The maximum Gasteiger partial charge on any atom is 0.231 e. The highest BCUT2D eigenvalue weighted by Crippen LogP contribution is 2.37. The maximum absolute atomic E-state index is 6.23. The first-order chi connectivity index (χ1) is 12.5. The number of benzene rings is 1. The van der Waals surface area contributed by atoms with E-state index in [9.17, 15) is 0 Å². The van der Waals surface area contributed by atoms with Crippen molar-refractivity contribution in [1.82, 2.24) is 15.3 Å². The van der Waals surface area contributed by atoms with Crippen LogP contribution in [0.5, 0.6) is 5.75 Å². The van der Waals surface area contributed by atoms with Crippen LogP contribution in [-0.2, 0) is 18.6 Å². The van der Waals surface area contributed by atoms with Gasteiger partial charge in [-0.1, -0.05) is 22.4 Å². The van der Waals surface area contributed by atoms with Crippen LogP contribution >= 0.6 is 12.4 Å². The molecule has 0 amide bonds. The van der Waals surface area contributed by atoms with Gasteiger partial charge in [-0.3, -0.25) is 0 Å². The summed E-state index contributed by atoms with van der Waals surface area (Å²) in [5.41, 5.74) is 8.76. The number of nitrogens with zero attached hydrogens (tertiary/aromatic N) is 3. The molecule has 2 heterocycles.